The van der Waals surface area contributed by atoms with Crippen LogP contribution >= 0.6 is 11.8 Å². The van der Waals surface area contributed by atoms with E-state index in [4.69, 9.17) is 4.74 Å². The van der Waals surface area contributed by atoms with E-state index in [1.807, 2.05) is 30.3 Å². The number of esters is 1. The molecule has 26 heavy (non-hydrogen) atoms. The Kier molecular flexibility index (Phi) is 6.74. The van der Waals surface area contributed by atoms with Gasteiger partial charge in [-0.15, -0.1) is 11.8 Å². The van der Waals surface area contributed by atoms with Gasteiger partial charge in [-0.1, -0.05) is 30.3 Å². The number of anilines is 1. The summed E-state index contributed by atoms with van der Waals surface area (Å²) in [6, 6.07) is 15.1. The Morgan fingerprint density at radius 2 is 1.69 bits per heavy atom. The number of nitro benzene ring substituents is 1. The Hall–Kier alpha value is -2.87. The fourth-order valence-corrected chi connectivity index (χ4v) is 2.92. The van der Waals surface area contributed by atoms with E-state index < -0.39 is 28.2 Å². The predicted octanol–water partition coefficient (Wildman–Crippen LogP) is 3.65. The number of amides is 1. The number of para-hydroxylation sites is 2. The van der Waals surface area contributed by atoms with Gasteiger partial charge in [0, 0.05) is 11.0 Å². The summed E-state index contributed by atoms with van der Waals surface area (Å²) in [7, 11) is 0. The monoisotopic (exact) mass is 374 g/mol. The van der Waals surface area contributed by atoms with E-state index in [1.165, 1.54) is 36.9 Å². The van der Waals surface area contributed by atoms with Crippen molar-refractivity contribution >= 4 is 35.0 Å². The number of carbonyl (C=O) groups is 2. The van der Waals surface area contributed by atoms with Crippen LogP contribution in [-0.2, 0) is 14.3 Å². The molecule has 0 radical (unpaired) electrons. The van der Waals surface area contributed by atoms with Crippen molar-refractivity contribution in [1.82, 2.24) is 0 Å². The molecule has 0 spiro atoms. The van der Waals surface area contributed by atoms with Crippen LogP contribution < -0.4 is 5.32 Å². The highest BCUT2D eigenvalue weighted by Gasteiger charge is 2.24. The predicted molar refractivity (Wildman–Crippen MR) is 99.0 cm³/mol. The molecule has 136 valence electrons. The third-order valence-corrected chi connectivity index (χ3v) is 4.50. The van der Waals surface area contributed by atoms with Crippen molar-refractivity contribution in [3.63, 3.8) is 0 Å². The largest absolute Gasteiger partial charge is 0.452 e. The smallest absolute Gasteiger partial charge is 0.319 e. The Morgan fingerprint density at radius 3 is 2.35 bits per heavy atom. The van der Waals surface area contributed by atoms with Crippen LogP contribution in [0.25, 0.3) is 0 Å². The van der Waals surface area contributed by atoms with Gasteiger partial charge in [-0.05, 0) is 32.0 Å². The standard InChI is InChI=1S/C18H18N2O5S/c1-12(17(21)19-15-10-6-7-11-16(15)20(23)24)25-18(22)13(2)26-14-8-4-3-5-9-14/h3-13H,1-2H3,(H,19,21)/t12-,13+/m1/s1. The number of benzene rings is 2. The molecule has 0 fully saturated rings. The van der Waals surface area contributed by atoms with Gasteiger partial charge in [0.15, 0.2) is 6.10 Å². The Labute approximate surface area is 154 Å². The average molecular weight is 374 g/mol. The molecule has 0 aromatic heterocycles. The molecule has 1 N–H and O–H groups in total. The summed E-state index contributed by atoms with van der Waals surface area (Å²) in [6.45, 7) is 3.11. The van der Waals surface area contributed by atoms with Crippen LogP contribution in [0.5, 0.6) is 0 Å². The van der Waals surface area contributed by atoms with E-state index in [1.54, 1.807) is 13.0 Å². The van der Waals surface area contributed by atoms with Crippen molar-refractivity contribution in [3.05, 3.63) is 64.7 Å². The quantitative estimate of drug-likeness (QED) is 0.344. The van der Waals surface area contributed by atoms with Crippen LogP contribution in [0.2, 0.25) is 0 Å². The first-order valence-corrected chi connectivity index (χ1v) is 8.73. The lowest BCUT2D eigenvalue weighted by molar-refractivity contribution is -0.383. The molecule has 0 bridgehead atoms. The maximum atomic E-state index is 12.2. The van der Waals surface area contributed by atoms with Crippen LogP contribution in [0, 0.1) is 10.1 Å². The fraction of sp³-hybridized carbons (Fsp3) is 0.222. The second kappa shape index (κ2) is 9.00. The third kappa shape index (κ3) is 5.32. The molecule has 0 unspecified atom stereocenters. The molecule has 0 saturated heterocycles. The molecular weight excluding hydrogens is 356 g/mol. The maximum Gasteiger partial charge on any atom is 0.319 e. The van der Waals surface area contributed by atoms with E-state index >= 15 is 0 Å². The molecule has 0 aliphatic rings. The molecule has 2 rings (SSSR count). The second-order valence-corrected chi connectivity index (χ2v) is 6.83. The van der Waals surface area contributed by atoms with Crippen molar-refractivity contribution in [1.29, 1.82) is 0 Å². The second-order valence-electron chi connectivity index (χ2n) is 5.42. The van der Waals surface area contributed by atoms with Crippen LogP contribution in [0.3, 0.4) is 0 Å². The number of hydrogen-bond acceptors (Lipinski definition) is 6. The van der Waals surface area contributed by atoms with Crippen LogP contribution in [0.4, 0.5) is 11.4 Å². The first-order valence-electron chi connectivity index (χ1n) is 7.85. The number of carbonyl (C=O) groups excluding carboxylic acids is 2. The van der Waals surface area contributed by atoms with Crippen molar-refractivity contribution < 1.29 is 19.2 Å². The van der Waals surface area contributed by atoms with Gasteiger partial charge in [0.1, 0.15) is 10.9 Å². The molecule has 2 aromatic carbocycles. The Bertz CT molecular complexity index is 797. The minimum atomic E-state index is -1.08. The fourth-order valence-electron chi connectivity index (χ4n) is 2.05. The van der Waals surface area contributed by atoms with Gasteiger partial charge in [-0.2, -0.15) is 0 Å². The summed E-state index contributed by atoms with van der Waals surface area (Å²) >= 11 is 1.32. The highest BCUT2D eigenvalue weighted by atomic mass is 32.2. The molecule has 0 saturated carbocycles. The summed E-state index contributed by atoms with van der Waals surface area (Å²) in [4.78, 5) is 35.6. The van der Waals surface area contributed by atoms with Gasteiger partial charge < -0.3 is 10.1 Å². The molecule has 0 aliphatic carbocycles. The molecule has 0 heterocycles. The van der Waals surface area contributed by atoms with Gasteiger partial charge >= 0.3 is 5.97 Å². The molecule has 7 nitrogen and oxygen atoms in total. The van der Waals surface area contributed by atoms with Crippen molar-refractivity contribution in [3.8, 4) is 0 Å². The maximum absolute atomic E-state index is 12.2. The third-order valence-electron chi connectivity index (χ3n) is 3.41. The summed E-state index contributed by atoms with van der Waals surface area (Å²) in [5, 5.41) is 12.9. The molecule has 0 aliphatic heterocycles. The lowest BCUT2D eigenvalue weighted by Gasteiger charge is -2.16. The number of ether oxygens (including phenoxy) is 1. The lowest BCUT2D eigenvalue weighted by atomic mass is 10.2. The van der Waals surface area contributed by atoms with Crippen molar-refractivity contribution in [2.75, 3.05) is 5.32 Å². The zero-order valence-corrected chi connectivity index (χ0v) is 15.1. The minimum absolute atomic E-state index is 0.0529. The van der Waals surface area contributed by atoms with Crippen molar-refractivity contribution in [2.45, 2.75) is 30.1 Å². The van der Waals surface area contributed by atoms with Crippen LogP contribution in [0.15, 0.2) is 59.5 Å². The Balaban J connectivity index is 1.94. The van der Waals surface area contributed by atoms with E-state index in [0.29, 0.717) is 0 Å². The first kappa shape index (κ1) is 19.5. The van der Waals surface area contributed by atoms with E-state index in [9.17, 15) is 19.7 Å². The average Bonchev–Trinajstić information content (AvgIpc) is 2.62. The number of nitro groups is 1. The SMILES string of the molecule is C[C@H](Sc1ccccc1)C(=O)O[C@H](C)C(=O)Nc1ccccc1[N+](=O)[O-]. The van der Waals surface area contributed by atoms with Gasteiger partial charge in [-0.25, -0.2) is 0 Å². The van der Waals surface area contributed by atoms with Gasteiger partial charge in [-0.3, -0.25) is 19.7 Å². The van der Waals surface area contributed by atoms with E-state index in [0.717, 1.165) is 4.90 Å². The van der Waals surface area contributed by atoms with Gasteiger partial charge in [0.25, 0.3) is 11.6 Å². The topological polar surface area (TPSA) is 98.5 Å². The van der Waals surface area contributed by atoms with Crippen molar-refractivity contribution in [2.24, 2.45) is 0 Å². The number of nitrogens with one attached hydrogen (secondary N) is 1. The highest BCUT2D eigenvalue weighted by Crippen LogP contribution is 2.25. The van der Waals surface area contributed by atoms with Crippen LogP contribution in [0.1, 0.15) is 13.8 Å². The number of nitrogens with zero attached hydrogens (tertiary/aromatic N) is 1. The summed E-state index contributed by atoms with van der Waals surface area (Å²) < 4.78 is 5.18. The van der Waals surface area contributed by atoms with Crippen LogP contribution in [-0.4, -0.2) is 28.2 Å². The summed E-state index contributed by atoms with van der Waals surface area (Å²) in [5.41, 5.74) is -0.176. The van der Waals surface area contributed by atoms with Gasteiger partial charge in [0.05, 0.1) is 4.92 Å². The number of thioether (sulfide) groups is 1. The van der Waals surface area contributed by atoms with Gasteiger partial charge in [0.2, 0.25) is 0 Å². The lowest BCUT2D eigenvalue weighted by Crippen LogP contribution is -2.32. The number of rotatable bonds is 7. The zero-order valence-electron chi connectivity index (χ0n) is 14.2. The molecule has 2 aromatic rings. The Morgan fingerprint density at radius 1 is 1.08 bits per heavy atom. The molecule has 8 heteroatoms. The van der Waals surface area contributed by atoms with E-state index in [-0.39, 0.29) is 11.4 Å². The molecular formula is C18H18N2O5S. The highest BCUT2D eigenvalue weighted by molar-refractivity contribution is 8.00. The van der Waals surface area contributed by atoms with E-state index in [2.05, 4.69) is 5.32 Å². The zero-order chi connectivity index (χ0) is 19.1. The summed E-state index contributed by atoms with van der Waals surface area (Å²) in [5.74, 6) is -1.17. The minimum Gasteiger partial charge on any atom is -0.452 e. The first-order chi connectivity index (χ1) is 12.4. The normalized spacial score (nSPS) is 12.7. The molecule has 1 amide bonds. The molecule has 2 atom stereocenters. The number of hydrogen-bond donors (Lipinski definition) is 1. The summed E-state index contributed by atoms with van der Waals surface area (Å²) in [6.07, 6.45) is -1.08.